The number of hydrogen-bond acceptors (Lipinski definition) is 4. The van der Waals surface area contributed by atoms with Crippen LogP contribution >= 0.6 is 0 Å². The van der Waals surface area contributed by atoms with Gasteiger partial charge in [0.15, 0.2) is 11.4 Å². The molecule has 1 aromatic carbocycles. The third-order valence-corrected chi connectivity index (χ3v) is 4.52. The van der Waals surface area contributed by atoms with Gasteiger partial charge in [0.05, 0.1) is 17.7 Å². The predicted octanol–water partition coefficient (Wildman–Crippen LogP) is 3.64. The number of amides is 1. The van der Waals surface area contributed by atoms with Crippen molar-refractivity contribution in [1.82, 2.24) is 14.7 Å². The van der Waals surface area contributed by atoms with Gasteiger partial charge in [-0.25, -0.2) is 13.8 Å². The fourth-order valence-corrected chi connectivity index (χ4v) is 3.01. The number of carboxylic acid groups (broad SMARTS) is 1. The number of carboxylic acids is 1. The zero-order valence-electron chi connectivity index (χ0n) is 16.4. The van der Waals surface area contributed by atoms with Gasteiger partial charge in [0, 0.05) is 6.20 Å². The zero-order chi connectivity index (χ0) is 23.6. The van der Waals surface area contributed by atoms with Crippen molar-refractivity contribution in [3.63, 3.8) is 0 Å². The third kappa shape index (κ3) is 4.79. The van der Waals surface area contributed by atoms with Crippen molar-refractivity contribution < 1.29 is 41.4 Å². The SMILES string of the molecule is Cc1nc2c(OCc3c(F)cccc3F)cccn2c1C(=O)NC(CC(=O)O)C(F)(F)F. The fourth-order valence-electron chi connectivity index (χ4n) is 3.01. The molecule has 1 amide bonds. The van der Waals surface area contributed by atoms with Crippen LogP contribution in [0.2, 0.25) is 0 Å². The van der Waals surface area contributed by atoms with Gasteiger partial charge in [-0.15, -0.1) is 0 Å². The molecule has 0 bridgehead atoms. The summed E-state index contributed by atoms with van der Waals surface area (Å²) in [7, 11) is 0. The Labute approximate surface area is 177 Å². The number of nitrogens with zero attached hydrogens (tertiary/aromatic N) is 2. The highest BCUT2D eigenvalue weighted by Gasteiger charge is 2.42. The van der Waals surface area contributed by atoms with E-state index >= 15 is 0 Å². The molecular weight excluding hydrogens is 441 g/mol. The molecule has 2 N–H and O–H groups in total. The second-order valence-corrected chi connectivity index (χ2v) is 6.77. The lowest BCUT2D eigenvalue weighted by Crippen LogP contribution is -2.47. The highest BCUT2D eigenvalue weighted by molar-refractivity contribution is 5.95. The van der Waals surface area contributed by atoms with Crippen LogP contribution in [0.3, 0.4) is 0 Å². The number of aliphatic carboxylic acids is 1. The minimum atomic E-state index is -4.99. The van der Waals surface area contributed by atoms with Crippen LogP contribution in [-0.2, 0) is 11.4 Å². The molecule has 0 spiro atoms. The average molecular weight is 457 g/mol. The van der Waals surface area contributed by atoms with Gasteiger partial charge in [0.2, 0.25) is 0 Å². The molecule has 0 aliphatic rings. The number of fused-ring (bicyclic) bond motifs is 1. The summed E-state index contributed by atoms with van der Waals surface area (Å²) in [6, 6.07) is 3.50. The van der Waals surface area contributed by atoms with Gasteiger partial charge in [0.1, 0.15) is 30.0 Å². The van der Waals surface area contributed by atoms with Crippen molar-refractivity contribution in [2.75, 3.05) is 0 Å². The monoisotopic (exact) mass is 457 g/mol. The van der Waals surface area contributed by atoms with E-state index in [9.17, 15) is 31.5 Å². The largest absolute Gasteiger partial charge is 0.485 e. The topological polar surface area (TPSA) is 92.9 Å². The van der Waals surface area contributed by atoms with Gasteiger partial charge in [-0.1, -0.05) is 6.07 Å². The number of hydrogen-bond donors (Lipinski definition) is 2. The predicted molar refractivity (Wildman–Crippen MR) is 100 cm³/mol. The molecule has 3 aromatic rings. The highest BCUT2D eigenvalue weighted by atomic mass is 19.4. The van der Waals surface area contributed by atoms with Gasteiger partial charge < -0.3 is 15.2 Å². The first-order chi connectivity index (χ1) is 15.0. The molecule has 0 aliphatic heterocycles. The molecule has 0 saturated carbocycles. The maximum absolute atomic E-state index is 13.8. The minimum absolute atomic E-state index is 0.0219. The van der Waals surface area contributed by atoms with Gasteiger partial charge in [-0.05, 0) is 31.2 Å². The smallest absolute Gasteiger partial charge is 0.409 e. The van der Waals surface area contributed by atoms with Crippen LogP contribution < -0.4 is 10.1 Å². The quantitative estimate of drug-likeness (QED) is 0.529. The Morgan fingerprint density at radius 2 is 1.84 bits per heavy atom. The lowest BCUT2D eigenvalue weighted by Gasteiger charge is -2.20. The van der Waals surface area contributed by atoms with Crippen molar-refractivity contribution in [3.05, 3.63) is 65.1 Å². The summed E-state index contributed by atoms with van der Waals surface area (Å²) in [6.07, 6.45) is -5.01. The van der Waals surface area contributed by atoms with E-state index in [1.54, 1.807) is 5.32 Å². The first kappa shape index (κ1) is 23.0. The number of nitrogens with one attached hydrogen (secondary N) is 1. The normalized spacial score (nSPS) is 12.6. The Kier molecular flexibility index (Phi) is 6.32. The molecule has 7 nitrogen and oxygen atoms in total. The lowest BCUT2D eigenvalue weighted by molar-refractivity contribution is -0.165. The number of aryl methyl sites for hydroxylation is 1. The van der Waals surface area contributed by atoms with Crippen LogP contribution in [0.1, 0.15) is 28.2 Å². The van der Waals surface area contributed by atoms with Gasteiger partial charge in [-0.2, -0.15) is 13.2 Å². The van der Waals surface area contributed by atoms with E-state index in [1.165, 1.54) is 31.3 Å². The molecule has 1 unspecified atom stereocenters. The number of benzene rings is 1. The second kappa shape index (κ2) is 8.81. The van der Waals surface area contributed by atoms with Crippen molar-refractivity contribution in [2.45, 2.75) is 32.2 Å². The molecule has 2 heterocycles. The Morgan fingerprint density at radius 1 is 1.19 bits per heavy atom. The number of imidazole rings is 1. The Morgan fingerprint density at radius 3 is 2.44 bits per heavy atom. The number of halogens is 5. The number of carbonyl (C=O) groups is 2. The van der Waals surface area contributed by atoms with Crippen LogP contribution in [0.4, 0.5) is 22.0 Å². The Bertz CT molecular complexity index is 1160. The van der Waals surface area contributed by atoms with E-state index in [0.717, 1.165) is 16.5 Å². The lowest BCUT2D eigenvalue weighted by atomic mass is 10.2. The van der Waals surface area contributed by atoms with Crippen LogP contribution in [0.25, 0.3) is 5.65 Å². The summed E-state index contributed by atoms with van der Waals surface area (Å²) >= 11 is 0. The van der Waals surface area contributed by atoms with E-state index in [0.29, 0.717) is 0 Å². The maximum Gasteiger partial charge on any atom is 0.409 e. The second-order valence-electron chi connectivity index (χ2n) is 6.77. The van der Waals surface area contributed by atoms with Crippen LogP contribution in [0, 0.1) is 18.6 Å². The Hall–Kier alpha value is -3.70. The molecule has 12 heteroatoms. The van der Waals surface area contributed by atoms with E-state index < -0.39 is 48.8 Å². The number of carbonyl (C=O) groups excluding carboxylic acids is 1. The van der Waals surface area contributed by atoms with Gasteiger partial charge in [0.25, 0.3) is 5.91 Å². The molecule has 170 valence electrons. The van der Waals surface area contributed by atoms with Crippen molar-refractivity contribution in [1.29, 1.82) is 0 Å². The number of pyridine rings is 1. The molecule has 1 atom stereocenters. The first-order valence-corrected chi connectivity index (χ1v) is 9.11. The molecular formula is C20H16F5N3O4. The number of alkyl halides is 3. The van der Waals surface area contributed by atoms with Gasteiger partial charge >= 0.3 is 12.1 Å². The zero-order valence-corrected chi connectivity index (χ0v) is 16.4. The molecule has 32 heavy (non-hydrogen) atoms. The van der Waals surface area contributed by atoms with Crippen molar-refractivity contribution in [2.24, 2.45) is 0 Å². The summed E-state index contributed by atoms with van der Waals surface area (Å²) in [5, 5.41) is 10.4. The molecule has 0 radical (unpaired) electrons. The summed E-state index contributed by atoms with van der Waals surface area (Å²) < 4.78 is 73.6. The van der Waals surface area contributed by atoms with Crippen molar-refractivity contribution >= 4 is 17.5 Å². The van der Waals surface area contributed by atoms with E-state index in [4.69, 9.17) is 9.84 Å². The number of ether oxygens (including phenoxy) is 1. The van der Waals surface area contributed by atoms with Crippen molar-refractivity contribution in [3.8, 4) is 5.75 Å². The summed E-state index contributed by atoms with van der Waals surface area (Å²) in [4.78, 5) is 27.4. The van der Waals surface area contributed by atoms with E-state index in [1.807, 2.05) is 0 Å². The molecule has 0 aliphatic carbocycles. The highest BCUT2D eigenvalue weighted by Crippen LogP contribution is 2.26. The average Bonchev–Trinajstić information content (AvgIpc) is 3.02. The summed E-state index contributed by atoms with van der Waals surface area (Å²) in [5.41, 5.74) is -0.555. The Balaban J connectivity index is 1.91. The molecule has 0 fully saturated rings. The standard InChI is InChI=1S/C20H16F5N3O4/c1-10-17(19(31)27-15(8-16(29)30)20(23,24)25)28-7-3-6-14(18(28)26-10)32-9-11-12(21)4-2-5-13(11)22/h2-7,15H,8-9H2,1H3,(H,27,31)(H,29,30). The third-order valence-electron chi connectivity index (χ3n) is 4.52. The number of aromatic nitrogens is 2. The number of rotatable bonds is 7. The maximum atomic E-state index is 13.8. The molecule has 0 saturated heterocycles. The van der Waals surface area contributed by atoms with Crippen LogP contribution in [0.5, 0.6) is 5.75 Å². The summed E-state index contributed by atoms with van der Waals surface area (Å²) in [5.74, 6) is -4.56. The van der Waals surface area contributed by atoms with Crippen LogP contribution in [-0.4, -0.2) is 38.6 Å². The van der Waals surface area contributed by atoms with E-state index in [-0.39, 0.29) is 28.3 Å². The molecule has 2 aromatic heterocycles. The van der Waals surface area contributed by atoms with Gasteiger partial charge in [-0.3, -0.25) is 14.0 Å². The van der Waals surface area contributed by atoms with Crippen LogP contribution in [0.15, 0.2) is 36.5 Å². The summed E-state index contributed by atoms with van der Waals surface area (Å²) in [6.45, 7) is 0.863. The fraction of sp³-hybridized carbons (Fsp3) is 0.250. The minimum Gasteiger partial charge on any atom is -0.485 e. The van der Waals surface area contributed by atoms with E-state index in [2.05, 4.69) is 4.98 Å². The first-order valence-electron chi connectivity index (χ1n) is 9.11. The molecule has 3 rings (SSSR count).